The standard InChI is InChI=1S/C26H20O2/c27-19-11-15-5-1-3-13-7-9-17-24-20(28)12-16-6-2-4-14-8-10-18(26(24)22(14)16)23(19)25(17)21(13)15/h7-12,27-28H,1-6H2. The van der Waals surface area contributed by atoms with E-state index in [1.54, 1.807) is 0 Å². The molecule has 0 spiro atoms. The van der Waals surface area contributed by atoms with E-state index in [0.29, 0.717) is 11.5 Å². The molecule has 0 fully saturated rings. The van der Waals surface area contributed by atoms with E-state index in [1.165, 1.54) is 33.0 Å². The normalized spacial score (nSPS) is 16.0. The van der Waals surface area contributed by atoms with Crippen LogP contribution in [-0.2, 0) is 25.7 Å². The number of phenols is 2. The van der Waals surface area contributed by atoms with Crippen LogP contribution in [-0.4, -0.2) is 10.2 Å². The highest BCUT2D eigenvalue weighted by Crippen LogP contribution is 2.50. The lowest BCUT2D eigenvalue weighted by Crippen LogP contribution is -2.05. The summed E-state index contributed by atoms with van der Waals surface area (Å²) in [6.45, 7) is 0. The highest BCUT2D eigenvalue weighted by Gasteiger charge is 2.25. The smallest absolute Gasteiger partial charge is 0.124 e. The molecule has 0 saturated heterocycles. The summed E-state index contributed by atoms with van der Waals surface area (Å²) in [7, 11) is 0. The molecule has 0 aliphatic heterocycles. The molecular formula is C26H20O2. The summed E-state index contributed by atoms with van der Waals surface area (Å²) in [5.41, 5.74) is 5.23. The Bertz CT molecular complexity index is 1360. The van der Waals surface area contributed by atoms with Gasteiger partial charge in [0.05, 0.1) is 0 Å². The molecule has 2 heteroatoms. The Kier molecular flexibility index (Phi) is 2.61. The van der Waals surface area contributed by atoms with E-state index in [-0.39, 0.29) is 0 Å². The maximum atomic E-state index is 11.1. The summed E-state index contributed by atoms with van der Waals surface area (Å²) in [6, 6.07) is 12.8. The van der Waals surface area contributed by atoms with Crippen LogP contribution in [0.15, 0.2) is 36.4 Å². The number of aryl methyl sites for hydroxylation is 4. The first-order valence-electron chi connectivity index (χ1n) is 10.3. The maximum Gasteiger partial charge on any atom is 0.124 e. The molecule has 0 atom stereocenters. The summed E-state index contributed by atoms with van der Waals surface area (Å²) in [5, 5.41) is 31.1. The Morgan fingerprint density at radius 1 is 0.464 bits per heavy atom. The molecule has 0 saturated carbocycles. The summed E-state index contributed by atoms with van der Waals surface area (Å²) in [6.07, 6.45) is 6.44. The van der Waals surface area contributed by atoms with Gasteiger partial charge in [0.1, 0.15) is 11.5 Å². The van der Waals surface area contributed by atoms with Gasteiger partial charge in [-0.1, -0.05) is 24.3 Å². The Morgan fingerprint density at radius 3 is 1.36 bits per heavy atom. The fraction of sp³-hybridized carbons (Fsp3) is 0.231. The van der Waals surface area contributed by atoms with E-state index in [9.17, 15) is 10.2 Å². The summed E-state index contributed by atoms with van der Waals surface area (Å²) < 4.78 is 0. The van der Waals surface area contributed by atoms with Gasteiger partial charge in [0, 0.05) is 21.5 Å². The zero-order chi connectivity index (χ0) is 18.6. The van der Waals surface area contributed by atoms with Crippen LogP contribution in [0.4, 0.5) is 0 Å². The molecule has 2 nitrogen and oxygen atoms in total. The van der Waals surface area contributed by atoms with Crippen molar-refractivity contribution in [2.75, 3.05) is 0 Å². The van der Waals surface area contributed by atoms with Crippen molar-refractivity contribution in [2.24, 2.45) is 0 Å². The second kappa shape index (κ2) is 4.88. The van der Waals surface area contributed by atoms with E-state index in [2.05, 4.69) is 24.3 Å². The molecule has 2 N–H and O–H groups in total. The fourth-order valence-corrected chi connectivity index (χ4v) is 6.13. The van der Waals surface area contributed by atoms with Crippen LogP contribution in [0.1, 0.15) is 35.1 Å². The minimum atomic E-state index is 0.379. The summed E-state index contributed by atoms with van der Waals surface area (Å²) in [4.78, 5) is 0. The number of fused-ring (bicyclic) bond motifs is 2. The van der Waals surface area contributed by atoms with Gasteiger partial charge in [0.15, 0.2) is 0 Å². The van der Waals surface area contributed by atoms with Gasteiger partial charge in [0.2, 0.25) is 0 Å². The van der Waals surface area contributed by atoms with Crippen molar-refractivity contribution in [1.82, 2.24) is 0 Å². The van der Waals surface area contributed by atoms with E-state index in [4.69, 9.17) is 0 Å². The van der Waals surface area contributed by atoms with Gasteiger partial charge in [-0.15, -0.1) is 0 Å². The molecule has 5 aromatic rings. The van der Waals surface area contributed by atoms with Crippen LogP contribution in [0, 0.1) is 0 Å². The molecule has 0 bridgehead atoms. The predicted molar refractivity (Wildman–Crippen MR) is 115 cm³/mol. The molecule has 0 amide bonds. The molecule has 28 heavy (non-hydrogen) atoms. The predicted octanol–water partition coefficient (Wildman–Crippen LogP) is 6.13. The monoisotopic (exact) mass is 364 g/mol. The Hall–Kier alpha value is -3.00. The second-order valence-electron chi connectivity index (χ2n) is 8.61. The van der Waals surface area contributed by atoms with Gasteiger partial charge in [-0.05, 0) is 94.5 Å². The van der Waals surface area contributed by atoms with Crippen molar-refractivity contribution in [1.29, 1.82) is 0 Å². The van der Waals surface area contributed by atoms with E-state index in [0.717, 1.165) is 70.8 Å². The van der Waals surface area contributed by atoms with E-state index in [1.807, 2.05) is 12.1 Å². The molecule has 0 heterocycles. The van der Waals surface area contributed by atoms with Crippen LogP contribution in [0.2, 0.25) is 0 Å². The Morgan fingerprint density at radius 2 is 0.893 bits per heavy atom. The zero-order valence-corrected chi connectivity index (χ0v) is 15.6. The van der Waals surface area contributed by atoms with Crippen molar-refractivity contribution in [3.63, 3.8) is 0 Å². The number of aromatic hydroxyl groups is 2. The summed E-state index contributed by atoms with van der Waals surface area (Å²) in [5.74, 6) is 0.758. The number of hydrogen-bond donors (Lipinski definition) is 2. The summed E-state index contributed by atoms with van der Waals surface area (Å²) >= 11 is 0. The average molecular weight is 364 g/mol. The van der Waals surface area contributed by atoms with Crippen LogP contribution >= 0.6 is 0 Å². The third kappa shape index (κ3) is 1.62. The first-order valence-corrected chi connectivity index (χ1v) is 10.3. The first kappa shape index (κ1) is 15.0. The van der Waals surface area contributed by atoms with Gasteiger partial charge in [-0.25, -0.2) is 0 Å². The third-order valence-corrected chi connectivity index (χ3v) is 7.18. The largest absolute Gasteiger partial charge is 0.507 e. The van der Waals surface area contributed by atoms with Crippen LogP contribution in [0.25, 0.3) is 43.1 Å². The minimum absolute atomic E-state index is 0.379. The molecule has 0 unspecified atom stereocenters. The SMILES string of the molecule is Oc1cc2c3c(ccc4c5c(O)cc6c7c(ccc(c1c34)c75)CCC6)CCC2. The fourth-order valence-electron chi connectivity index (χ4n) is 6.13. The second-order valence-corrected chi connectivity index (χ2v) is 8.61. The van der Waals surface area contributed by atoms with Crippen molar-refractivity contribution in [3.05, 3.63) is 58.7 Å². The van der Waals surface area contributed by atoms with Crippen LogP contribution in [0.5, 0.6) is 11.5 Å². The van der Waals surface area contributed by atoms with Crippen molar-refractivity contribution < 1.29 is 10.2 Å². The molecule has 0 aromatic heterocycles. The van der Waals surface area contributed by atoms with Crippen molar-refractivity contribution in [2.45, 2.75) is 38.5 Å². The van der Waals surface area contributed by atoms with Gasteiger partial charge in [-0.2, -0.15) is 0 Å². The van der Waals surface area contributed by atoms with Gasteiger partial charge in [-0.3, -0.25) is 0 Å². The third-order valence-electron chi connectivity index (χ3n) is 7.18. The zero-order valence-electron chi connectivity index (χ0n) is 15.6. The van der Waals surface area contributed by atoms with Gasteiger partial charge >= 0.3 is 0 Å². The quantitative estimate of drug-likeness (QED) is 0.256. The minimum Gasteiger partial charge on any atom is -0.507 e. The lowest BCUT2D eigenvalue weighted by atomic mass is 9.79. The molecule has 136 valence electrons. The number of hydrogen-bond acceptors (Lipinski definition) is 2. The van der Waals surface area contributed by atoms with Crippen molar-refractivity contribution in [3.8, 4) is 11.5 Å². The average Bonchev–Trinajstić information content (AvgIpc) is 2.71. The lowest BCUT2D eigenvalue weighted by Gasteiger charge is -2.25. The number of rotatable bonds is 0. The highest BCUT2D eigenvalue weighted by molar-refractivity contribution is 6.36. The molecule has 7 rings (SSSR count). The first-order chi connectivity index (χ1) is 13.7. The topological polar surface area (TPSA) is 40.5 Å². The number of phenolic OH excluding ortho intramolecular Hbond substituents is 2. The van der Waals surface area contributed by atoms with Gasteiger partial charge < -0.3 is 10.2 Å². The van der Waals surface area contributed by atoms with Crippen LogP contribution in [0.3, 0.4) is 0 Å². The highest BCUT2D eigenvalue weighted by atomic mass is 16.3. The molecule has 2 aliphatic carbocycles. The van der Waals surface area contributed by atoms with E-state index < -0.39 is 0 Å². The Labute approximate surface area is 162 Å². The molecule has 5 aromatic carbocycles. The molecule has 2 aliphatic rings. The lowest BCUT2D eigenvalue weighted by molar-refractivity contribution is 0.480. The Balaban J connectivity index is 1.88. The molecular weight excluding hydrogens is 344 g/mol. The maximum absolute atomic E-state index is 11.1. The molecule has 0 radical (unpaired) electrons. The number of benzene rings is 5. The van der Waals surface area contributed by atoms with Crippen LogP contribution < -0.4 is 0 Å². The van der Waals surface area contributed by atoms with Gasteiger partial charge in [0.25, 0.3) is 0 Å². The van der Waals surface area contributed by atoms with E-state index >= 15 is 0 Å². The van der Waals surface area contributed by atoms with Crippen molar-refractivity contribution >= 4 is 43.1 Å².